The van der Waals surface area contributed by atoms with Crippen molar-refractivity contribution in [3.05, 3.63) is 0 Å². The average molecular weight is 227 g/mol. The van der Waals surface area contributed by atoms with Gasteiger partial charge in [0.15, 0.2) is 0 Å². The van der Waals surface area contributed by atoms with Crippen LogP contribution in [0, 0.1) is 11.3 Å². The van der Waals surface area contributed by atoms with Gasteiger partial charge in [-0.05, 0) is 25.2 Å². The van der Waals surface area contributed by atoms with Gasteiger partial charge < -0.3 is 10.8 Å². The van der Waals surface area contributed by atoms with Gasteiger partial charge in [0, 0.05) is 12.0 Å². The first-order valence-electron chi connectivity index (χ1n) is 7.04. The lowest BCUT2D eigenvalue weighted by Crippen LogP contribution is -2.44. The zero-order valence-corrected chi connectivity index (χ0v) is 11.0. The second kappa shape index (κ2) is 6.61. The Labute approximate surface area is 101 Å². The average Bonchev–Trinajstić information content (AvgIpc) is 2.54. The maximum atomic E-state index is 10.6. The van der Waals surface area contributed by atoms with Crippen LogP contribution < -0.4 is 5.73 Å². The summed E-state index contributed by atoms with van der Waals surface area (Å²) in [5, 5.41) is 10.6. The van der Waals surface area contributed by atoms with Crippen molar-refractivity contribution >= 4 is 0 Å². The van der Waals surface area contributed by atoms with E-state index < -0.39 is 0 Å². The summed E-state index contributed by atoms with van der Waals surface area (Å²) in [5.41, 5.74) is 6.00. The minimum atomic E-state index is -0.199. The van der Waals surface area contributed by atoms with E-state index in [-0.39, 0.29) is 11.5 Å². The quantitative estimate of drug-likeness (QED) is 0.709. The summed E-state index contributed by atoms with van der Waals surface area (Å²) >= 11 is 0. The van der Waals surface area contributed by atoms with Crippen molar-refractivity contribution < 1.29 is 5.11 Å². The van der Waals surface area contributed by atoms with Gasteiger partial charge in [-0.15, -0.1) is 0 Å². The van der Waals surface area contributed by atoms with Gasteiger partial charge in [0.1, 0.15) is 0 Å². The van der Waals surface area contributed by atoms with Crippen molar-refractivity contribution in [1.29, 1.82) is 0 Å². The van der Waals surface area contributed by atoms with Crippen molar-refractivity contribution in [3.63, 3.8) is 0 Å². The van der Waals surface area contributed by atoms with Crippen LogP contribution in [0.5, 0.6) is 0 Å². The maximum absolute atomic E-state index is 10.6. The molecule has 1 aliphatic rings. The number of aliphatic hydroxyl groups excluding tert-OH is 1. The molecule has 16 heavy (non-hydrogen) atoms. The second-order valence-corrected chi connectivity index (χ2v) is 5.69. The summed E-state index contributed by atoms with van der Waals surface area (Å²) in [4.78, 5) is 0. The highest BCUT2D eigenvalue weighted by atomic mass is 16.3. The van der Waals surface area contributed by atoms with Crippen LogP contribution >= 0.6 is 0 Å². The fourth-order valence-corrected chi connectivity index (χ4v) is 3.27. The first-order chi connectivity index (χ1) is 7.66. The lowest BCUT2D eigenvalue weighted by molar-refractivity contribution is -0.0218. The van der Waals surface area contributed by atoms with Crippen LogP contribution in [0.4, 0.5) is 0 Å². The molecule has 0 spiro atoms. The molecule has 0 saturated heterocycles. The van der Waals surface area contributed by atoms with Gasteiger partial charge in [-0.2, -0.15) is 0 Å². The van der Waals surface area contributed by atoms with Crippen LogP contribution in [-0.4, -0.2) is 17.8 Å². The standard InChI is InChI=1S/C14H29NO/c1-3-8-12(2)13(16)14(11-15)9-6-4-5-7-10-14/h12-13,16H,3-11,15H2,1-2H3. The van der Waals surface area contributed by atoms with Crippen LogP contribution in [-0.2, 0) is 0 Å². The summed E-state index contributed by atoms with van der Waals surface area (Å²) in [7, 11) is 0. The van der Waals surface area contributed by atoms with Gasteiger partial charge in [0.2, 0.25) is 0 Å². The third-order valence-corrected chi connectivity index (χ3v) is 4.42. The van der Waals surface area contributed by atoms with Crippen molar-refractivity contribution in [2.75, 3.05) is 6.54 Å². The van der Waals surface area contributed by atoms with E-state index in [4.69, 9.17) is 5.73 Å². The van der Waals surface area contributed by atoms with Crippen LogP contribution in [0.1, 0.15) is 65.2 Å². The van der Waals surface area contributed by atoms with Crippen LogP contribution in [0.15, 0.2) is 0 Å². The van der Waals surface area contributed by atoms with Gasteiger partial charge >= 0.3 is 0 Å². The molecule has 96 valence electrons. The number of nitrogens with two attached hydrogens (primary N) is 1. The normalized spacial score (nSPS) is 24.8. The Kier molecular flexibility index (Phi) is 5.77. The highest BCUT2D eigenvalue weighted by Gasteiger charge is 2.39. The molecule has 0 bridgehead atoms. The molecule has 1 aliphatic carbocycles. The summed E-state index contributed by atoms with van der Waals surface area (Å²) in [5.74, 6) is 0.395. The highest BCUT2D eigenvalue weighted by Crippen LogP contribution is 2.40. The lowest BCUT2D eigenvalue weighted by Gasteiger charge is -2.39. The van der Waals surface area contributed by atoms with Crippen LogP contribution in [0.3, 0.4) is 0 Å². The Morgan fingerprint density at radius 3 is 2.19 bits per heavy atom. The molecule has 0 radical (unpaired) electrons. The Bertz CT molecular complexity index is 185. The second-order valence-electron chi connectivity index (χ2n) is 5.69. The van der Waals surface area contributed by atoms with Crippen molar-refractivity contribution in [2.24, 2.45) is 17.1 Å². The molecule has 2 atom stereocenters. The minimum absolute atomic E-state index is 0.0189. The summed E-state index contributed by atoms with van der Waals surface area (Å²) in [6, 6.07) is 0. The van der Waals surface area contributed by atoms with E-state index in [1.807, 2.05) is 0 Å². The molecule has 0 aliphatic heterocycles. The van der Waals surface area contributed by atoms with E-state index in [1.165, 1.54) is 25.7 Å². The van der Waals surface area contributed by atoms with E-state index in [9.17, 15) is 5.11 Å². The Balaban J connectivity index is 2.68. The van der Waals surface area contributed by atoms with E-state index in [1.54, 1.807) is 0 Å². The number of rotatable bonds is 5. The van der Waals surface area contributed by atoms with E-state index in [2.05, 4.69) is 13.8 Å². The van der Waals surface area contributed by atoms with Crippen LogP contribution in [0.2, 0.25) is 0 Å². The summed E-state index contributed by atoms with van der Waals surface area (Å²) < 4.78 is 0. The summed E-state index contributed by atoms with van der Waals surface area (Å²) in [6.07, 6.45) is 9.43. The Morgan fingerprint density at radius 2 is 1.75 bits per heavy atom. The fraction of sp³-hybridized carbons (Fsp3) is 1.00. The van der Waals surface area contributed by atoms with Gasteiger partial charge in [-0.1, -0.05) is 46.0 Å². The molecular formula is C14H29NO. The van der Waals surface area contributed by atoms with Crippen molar-refractivity contribution in [2.45, 2.75) is 71.3 Å². The van der Waals surface area contributed by atoms with Gasteiger partial charge in [0.05, 0.1) is 6.10 Å². The van der Waals surface area contributed by atoms with E-state index in [0.717, 1.165) is 25.7 Å². The summed E-state index contributed by atoms with van der Waals surface area (Å²) in [6.45, 7) is 5.02. The maximum Gasteiger partial charge on any atom is 0.0633 e. The van der Waals surface area contributed by atoms with Crippen molar-refractivity contribution in [3.8, 4) is 0 Å². The van der Waals surface area contributed by atoms with Crippen molar-refractivity contribution in [1.82, 2.24) is 0 Å². The van der Waals surface area contributed by atoms with Gasteiger partial charge in [0.25, 0.3) is 0 Å². The van der Waals surface area contributed by atoms with E-state index >= 15 is 0 Å². The third kappa shape index (κ3) is 3.21. The number of hydrogen-bond donors (Lipinski definition) is 2. The molecular weight excluding hydrogens is 198 g/mol. The smallest absolute Gasteiger partial charge is 0.0633 e. The monoisotopic (exact) mass is 227 g/mol. The van der Waals surface area contributed by atoms with E-state index in [0.29, 0.717) is 12.5 Å². The molecule has 0 aromatic heterocycles. The van der Waals surface area contributed by atoms with Gasteiger partial charge in [-0.25, -0.2) is 0 Å². The molecule has 0 aromatic rings. The minimum Gasteiger partial charge on any atom is -0.392 e. The number of hydrogen-bond acceptors (Lipinski definition) is 2. The largest absolute Gasteiger partial charge is 0.392 e. The molecule has 2 unspecified atom stereocenters. The molecule has 1 fully saturated rings. The molecule has 0 amide bonds. The third-order valence-electron chi connectivity index (χ3n) is 4.42. The predicted octanol–water partition coefficient (Wildman–Crippen LogP) is 3.08. The first kappa shape index (κ1) is 14.0. The SMILES string of the molecule is CCCC(C)C(O)C1(CN)CCCCCC1. The molecule has 1 saturated carbocycles. The molecule has 3 N–H and O–H groups in total. The lowest BCUT2D eigenvalue weighted by atomic mass is 9.70. The zero-order valence-electron chi connectivity index (χ0n) is 11.0. The molecule has 2 nitrogen and oxygen atoms in total. The Morgan fingerprint density at radius 1 is 1.19 bits per heavy atom. The number of aliphatic hydroxyl groups is 1. The Hall–Kier alpha value is -0.0800. The molecule has 2 heteroatoms. The molecule has 0 heterocycles. The first-order valence-corrected chi connectivity index (χ1v) is 7.04. The predicted molar refractivity (Wildman–Crippen MR) is 69.3 cm³/mol. The topological polar surface area (TPSA) is 46.2 Å². The van der Waals surface area contributed by atoms with Gasteiger partial charge in [-0.3, -0.25) is 0 Å². The van der Waals surface area contributed by atoms with Crippen LogP contribution in [0.25, 0.3) is 0 Å². The fourth-order valence-electron chi connectivity index (χ4n) is 3.27. The molecule has 0 aromatic carbocycles. The zero-order chi connectivity index (χ0) is 12.0. The molecule has 1 rings (SSSR count). The highest BCUT2D eigenvalue weighted by molar-refractivity contribution is 4.91.